The summed E-state index contributed by atoms with van der Waals surface area (Å²) in [6.45, 7) is 3.02. The smallest absolute Gasteiger partial charge is 0.226 e. The fraction of sp³-hybridized carbons (Fsp3) is 0.211. The molecule has 0 spiro atoms. The molecule has 0 bridgehead atoms. The first-order chi connectivity index (χ1) is 12.3. The number of Topliss-reactive ketones (excluding diaryl/α,β-unsaturated/α-hetero) is 1. The summed E-state index contributed by atoms with van der Waals surface area (Å²) >= 11 is 12.1. The monoisotopic (exact) mass is 392 g/mol. The van der Waals surface area contributed by atoms with Crippen molar-refractivity contribution >= 4 is 52.2 Å². The number of anilines is 2. The number of hydrogen-bond donors (Lipinski definition) is 1. The molecule has 0 saturated heterocycles. The summed E-state index contributed by atoms with van der Waals surface area (Å²) in [7, 11) is 0. The summed E-state index contributed by atoms with van der Waals surface area (Å²) in [5, 5.41) is 3.33. The van der Waals surface area contributed by atoms with Gasteiger partial charge in [0, 0.05) is 31.1 Å². The van der Waals surface area contributed by atoms with Gasteiger partial charge >= 0.3 is 0 Å². The van der Waals surface area contributed by atoms with Crippen molar-refractivity contribution in [3.8, 4) is 0 Å². The maximum absolute atomic E-state index is 12.2. The van der Waals surface area contributed by atoms with Crippen molar-refractivity contribution in [3.63, 3.8) is 0 Å². The van der Waals surface area contributed by atoms with Crippen LogP contribution in [0.5, 0.6) is 0 Å². The lowest BCUT2D eigenvalue weighted by molar-refractivity contribution is -0.117. The third-order valence-electron chi connectivity index (χ3n) is 3.73. The number of nitrogens with zero attached hydrogens (tertiary/aromatic N) is 1. The normalized spacial score (nSPS) is 10.3. The Kier molecular flexibility index (Phi) is 6.77. The van der Waals surface area contributed by atoms with Gasteiger partial charge in [-0.1, -0.05) is 41.4 Å². The Morgan fingerprint density at radius 3 is 2.19 bits per heavy atom. The van der Waals surface area contributed by atoms with Gasteiger partial charge in [0.05, 0.1) is 15.7 Å². The summed E-state index contributed by atoms with van der Waals surface area (Å²) in [6.07, 6.45) is 0.0471. The molecule has 2 amide bonds. The molecule has 2 rings (SSSR count). The predicted molar refractivity (Wildman–Crippen MR) is 104 cm³/mol. The van der Waals surface area contributed by atoms with Crippen LogP contribution in [0, 0.1) is 0 Å². The van der Waals surface area contributed by atoms with Gasteiger partial charge in [0.15, 0.2) is 5.78 Å². The van der Waals surface area contributed by atoms with Crippen LogP contribution in [0.1, 0.15) is 30.6 Å². The van der Waals surface area contributed by atoms with Crippen molar-refractivity contribution in [1.82, 2.24) is 0 Å². The van der Waals surface area contributed by atoms with Gasteiger partial charge in [-0.2, -0.15) is 0 Å². The van der Waals surface area contributed by atoms with Crippen LogP contribution in [0.25, 0.3) is 0 Å². The molecule has 0 atom stereocenters. The Bertz CT molecular complexity index is 832. The van der Waals surface area contributed by atoms with Crippen LogP contribution >= 0.6 is 23.2 Å². The lowest BCUT2D eigenvalue weighted by Crippen LogP contribution is -2.32. The number of amides is 2. The number of rotatable bonds is 6. The zero-order valence-electron chi connectivity index (χ0n) is 14.4. The summed E-state index contributed by atoms with van der Waals surface area (Å²) in [6, 6.07) is 11.7. The Morgan fingerprint density at radius 2 is 1.62 bits per heavy atom. The Morgan fingerprint density at radius 1 is 1.00 bits per heavy atom. The summed E-state index contributed by atoms with van der Waals surface area (Å²) in [5.41, 5.74) is 1.41. The number of carbonyl (C=O) groups is 3. The van der Waals surface area contributed by atoms with E-state index in [0.29, 0.717) is 27.0 Å². The van der Waals surface area contributed by atoms with Gasteiger partial charge in [-0.25, -0.2) is 0 Å². The van der Waals surface area contributed by atoms with Crippen molar-refractivity contribution in [2.24, 2.45) is 0 Å². The van der Waals surface area contributed by atoms with E-state index in [9.17, 15) is 14.4 Å². The van der Waals surface area contributed by atoms with Crippen molar-refractivity contribution in [1.29, 1.82) is 0 Å². The SMILES string of the molecule is CC(=O)c1cccc(N(CCC(=O)Nc2c(Cl)cccc2Cl)C(C)=O)c1. The Labute approximate surface area is 161 Å². The second-order valence-corrected chi connectivity index (χ2v) is 6.49. The fourth-order valence-corrected chi connectivity index (χ4v) is 2.89. The summed E-state index contributed by atoms with van der Waals surface area (Å²) in [4.78, 5) is 37.2. The molecule has 26 heavy (non-hydrogen) atoms. The molecule has 0 unspecified atom stereocenters. The first kappa shape index (κ1) is 19.9. The molecule has 0 aliphatic rings. The van der Waals surface area contributed by atoms with Gasteiger partial charge < -0.3 is 10.2 Å². The zero-order valence-corrected chi connectivity index (χ0v) is 15.9. The standard InChI is InChI=1S/C19H18Cl2N2O3/c1-12(24)14-5-3-6-15(11-14)23(13(2)25)10-9-18(26)22-19-16(20)7-4-8-17(19)21/h3-8,11H,9-10H2,1-2H3,(H,22,26). The maximum Gasteiger partial charge on any atom is 0.226 e. The van der Waals surface area contributed by atoms with Gasteiger partial charge in [0.1, 0.15) is 0 Å². The number of benzene rings is 2. The van der Waals surface area contributed by atoms with E-state index < -0.39 is 0 Å². The second kappa shape index (κ2) is 8.83. The number of halogens is 2. The molecule has 0 heterocycles. The van der Waals surface area contributed by atoms with Gasteiger partial charge in [-0.05, 0) is 31.2 Å². The first-order valence-corrected chi connectivity index (χ1v) is 8.68. The van der Waals surface area contributed by atoms with E-state index in [1.54, 1.807) is 42.5 Å². The van der Waals surface area contributed by atoms with Crippen LogP contribution in [0.3, 0.4) is 0 Å². The van der Waals surface area contributed by atoms with Gasteiger partial charge in [0.2, 0.25) is 11.8 Å². The highest BCUT2D eigenvalue weighted by atomic mass is 35.5. The molecule has 0 aromatic heterocycles. The molecule has 5 nitrogen and oxygen atoms in total. The van der Waals surface area contributed by atoms with Gasteiger partial charge in [-0.3, -0.25) is 14.4 Å². The topological polar surface area (TPSA) is 66.5 Å². The van der Waals surface area contributed by atoms with Crippen LogP contribution in [-0.2, 0) is 9.59 Å². The zero-order chi connectivity index (χ0) is 19.3. The average molecular weight is 393 g/mol. The van der Waals surface area contributed by atoms with Crippen molar-refractivity contribution in [2.45, 2.75) is 20.3 Å². The molecule has 7 heteroatoms. The highest BCUT2D eigenvalue weighted by molar-refractivity contribution is 6.39. The van der Waals surface area contributed by atoms with E-state index in [2.05, 4.69) is 5.32 Å². The van der Waals surface area contributed by atoms with E-state index in [-0.39, 0.29) is 30.6 Å². The van der Waals surface area contributed by atoms with Crippen LogP contribution in [0.2, 0.25) is 10.0 Å². The van der Waals surface area contributed by atoms with Crippen LogP contribution < -0.4 is 10.2 Å². The van der Waals surface area contributed by atoms with Crippen molar-refractivity contribution in [2.75, 3.05) is 16.8 Å². The van der Waals surface area contributed by atoms with E-state index >= 15 is 0 Å². The number of hydrogen-bond acceptors (Lipinski definition) is 3. The number of para-hydroxylation sites is 1. The molecule has 2 aromatic rings. The third-order valence-corrected chi connectivity index (χ3v) is 4.36. The van der Waals surface area contributed by atoms with Crippen molar-refractivity contribution < 1.29 is 14.4 Å². The largest absolute Gasteiger partial charge is 0.323 e. The molecule has 0 aliphatic heterocycles. The second-order valence-electron chi connectivity index (χ2n) is 5.67. The highest BCUT2D eigenvalue weighted by Gasteiger charge is 2.16. The summed E-state index contributed by atoms with van der Waals surface area (Å²) in [5.74, 6) is -0.648. The van der Waals surface area contributed by atoms with Gasteiger partial charge in [-0.15, -0.1) is 0 Å². The molecule has 0 fully saturated rings. The van der Waals surface area contributed by atoms with Gasteiger partial charge in [0.25, 0.3) is 0 Å². The van der Waals surface area contributed by atoms with Crippen molar-refractivity contribution in [3.05, 3.63) is 58.1 Å². The minimum absolute atomic E-state index is 0.0471. The van der Waals surface area contributed by atoms with E-state index in [0.717, 1.165) is 0 Å². The minimum Gasteiger partial charge on any atom is -0.323 e. The quantitative estimate of drug-likeness (QED) is 0.731. The number of carbonyl (C=O) groups excluding carboxylic acids is 3. The molecule has 2 aromatic carbocycles. The lowest BCUT2D eigenvalue weighted by Gasteiger charge is -2.21. The number of nitrogens with one attached hydrogen (secondary N) is 1. The molecule has 0 saturated carbocycles. The third kappa shape index (κ3) is 5.07. The average Bonchev–Trinajstić information content (AvgIpc) is 2.58. The number of ketones is 1. The minimum atomic E-state index is -0.325. The first-order valence-electron chi connectivity index (χ1n) is 7.92. The maximum atomic E-state index is 12.2. The van der Waals surface area contributed by atoms with E-state index in [1.807, 2.05) is 0 Å². The molecule has 1 N–H and O–H groups in total. The van der Waals surface area contributed by atoms with E-state index in [4.69, 9.17) is 23.2 Å². The Balaban J connectivity index is 2.09. The van der Waals surface area contributed by atoms with Crippen LogP contribution in [-0.4, -0.2) is 24.1 Å². The molecule has 136 valence electrons. The molecule has 0 aliphatic carbocycles. The molecular weight excluding hydrogens is 375 g/mol. The Hall–Kier alpha value is -2.37. The van der Waals surface area contributed by atoms with Crippen LogP contribution in [0.4, 0.5) is 11.4 Å². The predicted octanol–water partition coefficient (Wildman–Crippen LogP) is 4.58. The van der Waals surface area contributed by atoms with E-state index in [1.165, 1.54) is 18.7 Å². The van der Waals surface area contributed by atoms with Crippen LogP contribution in [0.15, 0.2) is 42.5 Å². The summed E-state index contributed by atoms with van der Waals surface area (Å²) < 4.78 is 0. The highest BCUT2D eigenvalue weighted by Crippen LogP contribution is 2.29. The lowest BCUT2D eigenvalue weighted by atomic mass is 10.1. The molecular formula is C19H18Cl2N2O3. The fourth-order valence-electron chi connectivity index (χ4n) is 2.39. The molecule has 0 radical (unpaired) electrons.